The molecule has 24 heavy (non-hydrogen) atoms. The summed E-state index contributed by atoms with van der Waals surface area (Å²) in [6.45, 7) is 6.57. The monoisotopic (exact) mass is 325 g/mol. The molecule has 2 heterocycles. The molecule has 5 nitrogen and oxygen atoms in total. The Balaban J connectivity index is 1.67. The lowest BCUT2D eigenvalue weighted by molar-refractivity contribution is 0.0719. The molecule has 2 amide bonds. The number of aromatic amines is 1. The molecule has 0 radical (unpaired) electrons. The maximum atomic E-state index is 12.7. The first-order valence-electron chi connectivity index (χ1n) is 8.35. The molecule has 1 aromatic heterocycles. The van der Waals surface area contributed by atoms with E-state index in [0.717, 1.165) is 17.5 Å². The van der Waals surface area contributed by atoms with Crippen LogP contribution in [0.2, 0.25) is 0 Å². The van der Waals surface area contributed by atoms with Crippen LogP contribution >= 0.6 is 0 Å². The molecule has 1 aliphatic heterocycles. The van der Waals surface area contributed by atoms with Gasteiger partial charge >= 0.3 is 0 Å². The Morgan fingerprint density at radius 2 is 1.54 bits per heavy atom. The Kier molecular flexibility index (Phi) is 4.69. The first-order chi connectivity index (χ1) is 11.6. The third-order valence-electron chi connectivity index (χ3n) is 4.67. The van der Waals surface area contributed by atoms with Crippen molar-refractivity contribution in [1.29, 1.82) is 0 Å². The van der Waals surface area contributed by atoms with E-state index in [1.807, 2.05) is 41.8 Å². The van der Waals surface area contributed by atoms with Crippen LogP contribution in [-0.4, -0.2) is 52.8 Å². The molecule has 1 aliphatic rings. The number of aromatic nitrogens is 1. The van der Waals surface area contributed by atoms with Crippen LogP contribution in [0.5, 0.6) is 0 Å². The van der Waals surface area contributed by atoms with Crippen molar-refractivity contribution in [1.82, 2.24) is 14.8 Å². The first-order valence-corrected chi connectivity index (χ1v) is 8.35. The molecular formula is C19H23N3O2. The fourth-order valence-electron chi connectivity index (χ4n) is 3.02. The van der Waals surface area contributed by atoms with Crippen molar-refractivity contribution in [3.63, 3.8) is 0 Å². The van der Waals surface area contributed by atoms with E-state index in [1.165, 1.54) is 5.56 Å². The number of benzene rings is 1. The predicted octanol–water partition coefficient (Wildman–Crippen LogP) is 2.62. The standard InChI is InChI=1S/C19H23N3O2/c1-14-4-5-16(12-15(14)2)18(23)21-8-3-9-22(11-10-21)19(24)17-6-7-20-13-17/h4-7,12-13,20H,3,8-11H2,1-2H3. The lowest BCUT2D eigenvalue weighted by Gasteiger charge is -2.22. The van der Waals surface area contributed by atoms with E-state index in [4.69, 9.17) is 0 Å². The Morgan fingerprint density at radius 1 is 0.875 bits per heavy atom. The molecule has 0 saturated carbocycles. The second-order valence-corrected chi connectivity index (χ2v) is 6.34. The van der Waals surface area contributed by atoms with Gasteiger partial charge in [0, 0.05) is 44.1 Å². The zero-order valence-corrected chi connectivity index (χ0v) is 14.2. The van der Waals surface area contributed by atoms with E-state index in [0.29, 0.717) is 31.7 Å². The summed E-state index contributed by atoms with van der Waals surface area (Å²) in [4.78, 5) is 31.8. The van der Waals surface area contributed by atoms with Crippen LogP contribution in [-0.2, 0) is 0 Å². The maximum absolute atomic E-state index is 12.7. The summed E-state index contributed by atoms with van der Waals surface area (Å²) in [5.41, 5.74) is 3.71. The van der Waals surface area contributed by atoms with Gasteiger partial charge in [-0.05, 0) is 49.6 Å². The van der Waals surface area contributed by atoms with Crippen molar-refractivity contribution in [3.8, 4) is 0 Å². The topological polar surface area (TPSA) is 56.4 Å². The number of amides is 2. The summed E-state index contributed by atoms with van der Waals surface area (Å²) >= 11 is 0. The zero-order chi connectivity index (χ0) is 17.1. The molecule has 0 aliphatic carbocycles. The van der Waals surface area contributed by atoms with E-state index >= 15 is 0 Å². The summed E-state index contributed by atoms with van der Waals surface area (Å²) < 4.78 is 0. The van der Waals surface area contributed by atoms with E-state index in [9.17, 15) is 9.59 Å². The highest BCUT2D eigenvalue weighted by molar-refractivity contribution is 5.95. The third kappa shape index (κ3) is 3.35. The minimum atomic E-state index is 0.0247. The quantitative estimate of drug-likeness (QED) is 0.923. The Hall–Kier alpha value is -2.56. The van der Waals surface area contributed by atoms with Crippen molar-refractivity contribution >= 4 is 11.8 Å². The number of rotatable bonds is 2. The number of hydrogen-bond acceptors (Lipinski definition) is 2. The second kappa shape index (κ2) is 6.91. The van der Waals surface area contributed by atoms with Crippen molar-refractivity contribution in [2.75, 3.05) is 26.2 Å². The van der Waals surface area contributed by atoms with Crippen LogP contribution < -0.4 is 0 Å². The number of nitrogens with one attached hydrogen (secondary N) is 1. The van der Waals surface area contributed by atoms with Gasteiger partial charge in [0.2, 0.25) is 0 Å². The fraction of sp³-hybridized carbons (Fsp3) is 0.368. The van der Waals surface area contributed by atoms with Gasteiger partial charge in [-0.25, -0.2) is 0 Å². The summed E-state index contributed by atoms with van der Waals surface area (Å²) in [6, 6.07) is 7.61. The van der Waals surface area contributed by atoms with Crippen molar-refractivity contribution in [3.05, 3.63) is 58.9 Å². The highest BCUT2D eigenvalue weighted by atomic mass is 16.2. The second-order valence-electron chi connectivity index (χ2n) is 6.34. The molecule has 2 aromatic rings. The predicted molar refractivity (Wildman–Crippen MR) is 93.1 cm³/mol. The highest BCUT2D eigenvalue weighted by Gasteiger charge is 2.23. The van der Waals surface area contributed by atoms with Gasteiger partial charge in [-0.15, -0.1) is 0 Å². The van der Waals surface area contributed by atoms with Gasteiger partial charge in [0.25, 0.3) is 11.8 Å². The summed E-state index contributed by atoms with van der Waals surface area (Å²) in [5, 5.41) is 0. The molecule has 1 aromatic carbocycles. The van der Waals surface area contributed by atoms with E-state index in [-0.39, 0.29) is 11.8 Å². The Bertz CT molecular complexity index is 737. The number of H-pyrrole nitrogens is 1. The van der Waals surface area contributed by atoms with Crippen LogP contribution in [0.3, 0.4) is 0 Å². The summed E-state index contributed by atoms with van der Waals surface area (Å²) in [7, 11) is 0. The smallest absolute Gasteiger partial charge is 0.255 e. The fourth-order valence-corrected chi connectivity index (χ4v) is 3.02. The third-order valence-corrected chi connectivity index (χ3v) is 4.67. The Morgan fingerprint density at radius 3 is 2.12 bits per heavy atom. The maximum Gasteiger partial charge on any atom is 0.255 e. The average molecular weight is 325 g/mol. The van der Waals surface area contributed by atoms with Crippen molar-refractivity contribution < 1.29 is 9.59 Å². The summed E-state index contributed by atoms with van der Waals surface area (Å²) in [5.74, 6) is 0.0748. The molecule has 0 atom stereocenters. The SMILES string of the molecule is Cc1ccc(C(=O)N2CCCN(C(=O)c3cc[nH]c3)CC2)cc1C. The number of aryl methyl sites for hydroxylation is 2. The van der Waals surface area contributed by atoms with Crippen LogP contribution in [0.15, 0.2) is 36.7 Å². The molecule has 0 bridgehead atoms. The largest absolute Gasteiger partial charge is 0.367 e. The van der Waals surface area contributed by atoms with Gasteiger partial charge in [-0.2, -0.15) is 0 Å². The van der Waals surface area contributed by atoms with Crippen LogP contribution in [0.4, 0.5) is 0 Å². The summed E-state index contributed by atoms with van der Waals surface area (Å²) in [6.07, 6.45) is 4.26. The number of carbonyl (C=O) groups is 2. The van der Waals surface area contributed by atoms with E-state index in [2.05, 4.69) is 4.98 Å². The highest BCUT2D eigenvalue weighted by Crippen LogP contribution is 2.15. The van der Waals surface area contributed by atoms with Crippen LogP contribution in [0.1, 0.15) is 38.3 Å². The van der Waals surface area contributed by atoms with Gasteiger partial charge in [-0.1, -0.05) is 6.07 Å². The molecule has 0 spiro atoms. The van der Waals surface area contributed by atoms with E-state index in [1.54, 1.807) is 18.5 Å². The van der Waals surface area contributed by atoms with Gasteiger partial charge in [0.15, 0.2) is 0 Å². The molecule has 1 fully saturated rings. The van der Waals surface area contributed by atoms with Gasteiger partial charge in [-0.3, -0.25) is 9.59 Å². The van der Waals surface area contributed by atoms with Crippen molar-refractivity contribution in [2.24, 2.45) is 0 Å². The number of carbonyl (C=O) groups excluding carboxylic acids is 2. The zero-order valence-electron chi connectivity index (χ0n) is 14.2. The minimum absolute atomic E-state index is 0.0247. The molecule has 3 rings (SSSR count). The number of hydrogen-bond donors (Lipinski definition) is 1. The lowest BCUT2D eigenvalue weighted by Crippen LogP contribution is -2.37. The van der Waals surface area contributed by atoms with Gasteiger partial charge in [0.1, 0.15) is 0 Å². The van der Waals surface area contributed by atoms with Crippen LogP contribution in [0.25, 0.3) is 0 Å². The Labute approximate surface area is 142 Å². The number of nitrogens with zero attached hydrogens (tertiary/aromatic N) is 2. The molecule has 1 saturated heterocycles. The van der Waals surface area contributed by atoms with Crippen LogP contribution in [0, 0.1) is 13.8 Å². The van der Waals surface area contributed by atoms with Gasteiger partial charge in [0.05, 0.1) is 5.56 Å². The van der Waals surface area contributed by atoms with Crippen molar-refractivity contribution in [2.45, 2.75) is 20.3 Å². The molecule has 126 valence electrons. The molecule has 0 unspecified atom stereocenters. The lowest BCUT2D eigenvalue weighted by atomic mass is 10.1. The molecular weight excluding hydrogens is 302 g/mol. The molecule has 5 heteroatoms. The normalized spacial score (nSPS) is 15.2. The minimum Gasteiger partial charge on any atom is -0.367 e. The molecule has 1 N–H and O–H groups in total. The average Bonchev–Trinajstić information content (AvgIpc) is 3.00. The first kappa shape index (κ1) is 16.3. The van der Waals surface area contributed by atoms with E-state index < -0.39 is 0 Å². The van der Waals surface area contributed by atoms with Gasteiger partial charge < -0.3 is 14.8 Å².